The third kappa shape index (κ3) is 6.01. The van der Waals surface area contributed by atoms with Gasteiger partial charge >= 0.3 is 0 Å². The van der Waals surface area contributed by atoms with Crippen molar-refractivity contribution in [2.24, 2.45) is 0 Å². The molecule has 10 aromatic rings. The largest absolute Gasteiger partial charge is 0.310 e. The smallest absolute Gasteiger partial charge is 0.0540 e. The zero-order chi connectivity index (χ0) is 41.0. The Morgan fingerprint density at radius 1 is 0.306 bits per heavy atom. The highest BCUT2D eigenvalue weighted by molar-refractivity contribution is 6.01. The van der Waals surface area contributed by atoms with Crippen molar-refractivity contribution < 1.29 is 0 Å². The lowest BCUT2D eigenvalue weighted by molar-refractivity contribution is 0.353. The van der Waals surface area contributed by atoms with Gasteiger partial charge in [-0.05, 0) is 128 Å². The number of rotatable bonds is 7. The Kier molecular flexibility index (Phi) is 8.78. The summed E-state index contributed by atoms with van der Waals surface area (Å²) in [6.07, 6.45) is 6.38. The lowest BCUT2D eigenvalue weighted by atomic mass is 9.68. The van der Waals surface area contributed by atoms with E-state index in [1.54, 1.807) is 0 Å². The summed E-state index contributed by atoms with van der Waals surface area (Å²) in [5.41, 5.74) is 15.2. The van der Waals surface area contributed by atoms with E-state index in [1.165, 1.54) is 109 Å². The van der Waals surface area contributed by atoms with Crippen molar-refractivity contribution in [3.05, 3.63) is 230 Å². The summed E-state index contributed by atoms with van der Waals surface area (Å²) in [5, 5.41) is 7.38. The molecule has 0 N–H and O–H groups in total. The van der Waals surface area contributed by atoms with E-state index in [1.807, 2.05) is 0 Å². The lowest BCUT2D eigenvalue weighted by Gasteiger charge is -2.36. The second-order valence-corrected chi connectivity index (χ2v) is 17.2. The van der Waals surface area contributed by atoms with Crippen LogP contribution < -0.4 is 9.80 Å². The molecule has 0 unspecified atom stereocenters. The maximum absolute atomic E-state index is 2.48. The second-order valence-electron chi connectivity index (χ2n) is 17.2. The van der Waals surface area contributed by atoms with Crippen LogP contribution in [0.4, 0.5) is 34.1 Å². The molecular weight excluding hydrogens is 749 g/mol. The van der Waals surface area contributed by atoms with Crippen molar-refractivity contribution in [2.75, 3.05) is 9.80 Å². The first kappa shape index (κ1) is 36.4. The predicted octanol–water partition coefficient (Wildman–Crippen LogP) is 17.0. The lowest BCUT2D eigenvalue weighted by Crippen LogP contribution is -2.28. The van der Waals surface area contributed by atoms with Crippen LogP contribution in [0.15, 0.2) is 218 Å². The Labute approximate surface area is 364 Å². The molecule has 296 valence electrons. The van der Waals surface area contributed by atoms with Crippen molar-refractivity contribution in [3.8, 4) is 22.3 Å². The van der Waals surface area contributed by atoms with Crippen molar-refractivity contribution in [1.82, 2.24) is 0 Å². The number of nitrogens with zero attached hydrogens (tertiary/aromatic N) is 2. The van der Waals surface area contributed by atoms with E-state index in [4.69, 9.17) is 0 Å². The molecule has 1 spiro atoms. The molecule has 10 aromatic carbocycles. The summed E-state index contributed by atoms with van der Waals surface area (Å²) in [5.74, 6) is 0. The van der Waals surface area contributed by atoms with Crippen molar-refractivity contribution in [2.45, 2.75) is 37.5 Å². The Morgan fingerprint density at radius 3 is 1.40 bits per heavy atom. The van der Waals surface area contributed by atoms with Gasteiger partial charge in [0.2, 0.25) is 0 Å². The van der Waals surface area contributed by atoms with Crippen LogP contribution in [0.25, 0.3) is 54.6 Å². The molecule has 0 radical (unpaired) electrons. The summed E-state index contributed by atoms with van der Waals surface area (Å²) < 4.78 is 0. The fourth-order valence-corrected chi connectivity index (χ4v) is 10.9. The van der Waals surface area contributed by atoms with Gasteiger partial charge in [0, 0.05) is 38.9 Å². The Hall–Kier alpha value is -7.42. The molecule has 0 aromatic heterocycles. The third-order valence-corrected chi connectivity index (χ3v) is 13.8. The topological polar surface area (TPSA) is 6.48 Å². The van der Waals surface area contributed by atoms with Crippen LogP contribution in [-0.2, 0) is 5.41 Å². The summed E-state index contributed by atoms with van der Waals surface area (Å²) in [6, 6.07) is 80.9. The minimum absolute atomic E-state index is 0.131. The molecule has 1 fully saturated rings. The van der Waals surface area contributed by atoms with Crippen LogP contribution >= 0.6 is 0 Å². The highest BCUT2D eigenvalue weighted by atomic mass is 15.1. The second kappa shape index (κ2) is 14.9. The molecule has 0 heterocycles. The maximum atomic E-state index is 2.48. The van der Waals surface area contributed by atoms with Crippen molar-refractivity contribution >= 4 is 66.4 Å². The standard InChI is InChI=1S/C60H46N2/c1-10-38-60(39-11-1)56-23-9-8-22-54(56)55-41-51(36-37-57(55)60)62(59-25-13-19-46-16-5-7-21-53(46)59)49-33-28-44(29-34-49)43-26-31-48(32-27-43)61(50-35-30-42-14-2-3-17-47(42)40-50)58-24-12-18-45-15-4-6-20-52(45)58/h2-9,12-37,40-41H,1,10-11,38-39H2. The van der Waals surface area contributed by atoms with E-state index in [0.717, 1.165) is 22.7 Å². The predicted molar refractivity (Wildman–Crippen MR) is 263 cm³/mol. The molecule has 2 aliphatic rings. The highest BCUT2D eigenvalue weighted by Crippen LogP contribution is 2.57. The zero-order valence-electron chi connectivity index (χ0n) is 34.7. The van der Waals surface area contributed by atoms with Crippen LogP contribution in [-0.4, -0.2) is 0 Å². The van der Waals surface area contributed by atoms with Gasteiger partial charge in [0.1, 0.15) is 0 Å². The van der Waals surface area contributed by atoms with Crippen LogP contribution in [0.3, 0.4) is 0 Å². The number of anilines is 6. The molecule has 0 saturated heterocycles. The van der Waals surface area contributed by atoms with Crippen LogP contribution in [0.1, 0.15) is 43.2 Å². The van der Waals surface area contributed by atoms with E-state index in [2.05, 4.69) is 228 Å². The zero-order valence-corrected chi connectivity index (χ0v) is 34.7. The van der Waals surface area contributed by atoms with Gasteiger partial charge in [0.05, 0.1) is 11.4 Å². The first-order valence-electron chi connectivity index (χ1n) is 22.2. The van der Waals surface area contributed by atoms with Gasteiger partial charge in [-0.3, -0.25) is 0 Å². The highest BCUT2D eigenvalue weighted by Gasteiger charge is 2.43. The molecule has 0 amide bonds. The van der Waals surface area contributed by atoms with Crippen LogP contribution in [0, 0.1) is 0 Å². The minimum Gasteiger partial charge on any atom is -0.310 e. The number of benzene rings is 10. The molecule has 2 nitrogen and oxygen atoms in total. The van der Waals surface area contributed by atoms with Gasteiger partial charge in [-0.15, -0.1) is 0 Å². The molecule has 1 saturated carbocycles. The molecular formula is C60H46N2. The molecule has 0 atom stereocenters. The van der Waals surface area contributed by atoms with E-state index in [0.29, 0.717) is 0 Å². The molecule has 2 heteroatoms. The Morgan fingerprint density at radius 2 is 0.774 bits per heavy atom. The van der Waals surface area contributed by atoms with E-state index in [9.17, 15) is 0 Å². The first-order valence-corrected chi connectivity index (χ1v) is 22.2. The summed E-state index contributed by atoms with van der Waals surface area (Å²) in [4.78, 5) is 4.87. The van der Waals surface area contributed by atoms with Gasteiger partial charge in [-0.1, -0.05) is 177 Å². The average molecular weight is 795 g/mol. The summed E-state index contributed by atoms with van der Waals surface area (Å²) in [7, 11) is 0. The van der Waals surface area contributed by atoms with E-state index < -0.39 is 0 Å². The minimum atomic E-state index is 0.131. The third-order valence-electron chi connectivity index (χ3n) is 13.8. The number of hydrogen-bond acceptors (Lipinski definition) is 2. The maximum Gasteiger partial charge on any atom is 0.0540 e. The van der Waals surface area contributed by atoms with Crippen molar-refractivity contribution in [1.29, 1.82) is 0 Å². The summed E-state index contributed by atoms with van der Waals surface area (Å²) >= 11 is 0. The average Bonchev–Trinajstić information content (AvgIpc) is 3.60. The molecule has 12 rings (SSSR count). The van der Waals surface area contributed by atoms with E-state index >= 15 is 0 Å². The van der Waals surface area contributed by atoms with Crippen molar-refractivity contribution in [3.63, 3.8) is 0 Å². The normalized spacial score (nSPS) is 13.9. The monoisotopic (exact) mass is 794 g/mol. The molecule has 0 aliphatic heterocycles. The number of fused-ring (bicyclic) bond motifs is 8. The fourth-order valence-electron chi connectivity index (χ4n) is 10.9. The van der Waals surface area contributed by atoms with Gasteiger partial charge in [0.15, 0.2) is 0 Å². The quantitative estimate of drug-likeness (QED) is 0.159. The summed E-state index contributed by atoms with van der Waals surface area (Å²) in [6.45, 7) is 0. The fraction of sp³-hybridized carbons (Fsp3) is 0.100. The first-order chi connectivity index (χ1) is 30.7. The Bertz CT molecular complexity index is 3270. The Balaban J connectivity index is 0.938. The van der Waals surface area contributed by atoms with Gasteiger partial charge in [0.25, 0.3) is 0 Å². The molecule has 0 bridgehead atoms. The van der Waals surface area contributed by atoms with Crippen LogP contribution in [0.2, 0.25) is 0 Å². The van der Waals surface area contributed by atoms with Gasteiger partial charge in [-0.2, -0.15) is 0 Å². The van der Waals surface area contributed by atoms with Gasteiger partial charge < -0.3 is 9.80 Å². The SMILES string of the molecule is c1ccc2c(c1)-c1cc(N(c3ccc(-c4ccc(N(c5ccc6ccccc6c5)c5cccc6ccccc56)cc4)cc3)c3cccc4ccccc34)ccc1C21CCCCC1. The van der Waals surface area contributed by atoms with Gasteiger partial charge in [-0.25, -0.2) is 0 Å². The molecule has 2 aliphatic carbocycles. The van der Waals surface area contributed by atoms with E-state index in [-0.39, 0.29) is 5.41 Å². The number of hydrogen-bond donors (Lipinski definition) is 0. The molecule has 62 heavy (non-hydrogen) atoms. The van der Waals surface area contributed by atoms with Crippen LogP contribution in [0.5, 0.6) is 0 Å².